The number of rotatable bonds is 14. The summed E-state index contributed by atoms with van der Waals surface area (Å²) in [6.07, 6.45) is 10.4. The van der Waals surface area contributed by atoms with Crippen LogP contribution in [-0.2, 0) is 6.54 Å². The molecule has 1 atom stereocenters. The molecule has 1 heterocycles. The average Bonchev–Trinajstić information content (AvgIpc) is 2.78. The van der Waals surface area contributed by atoms with Crippen LogP contribution in [0, 0.1) is 5.92 Å². The second-order valence-electron chi connectivity index (χ2n) is 9.63. The van der Waals surface area contributed by atoms with E-state index in [4.69, 9.17) is 15.2 Å². The van der Waals surface area contributed by atoms with E-state index in [1.165, 1.54) is 11.1 Å². The molecule has 0 radical (unpaired) electrons. The number of benzene rings is 1. The first kappa shape index (κ1) is 27.6. The summed E-state index contributed by atoms with van der Waals surface area (Å²) in [6, 6.07) is 5.66. The Morgan fingerprint density at radius 1 is 1.09 bits per heavy atom. The van der Waals surface area contributed by atoms with Crippen LogP contribution < -0.4 is 20.8 Å². The number of fused-ring (bicyclic) bond motifs is 1. The van der Waals surface area contributed by atoms with Crippen LogP contribution in [0.5, 0.6) is 11.5 Å². The fourth-order valence-corrected chi connectivity index (χ4v) is 3.98. The van der Waals surface area contributed by atoms with Crippen molar-refractivity contribution in [2.24, 2.45) is 5.92 Å². The third-order valence-electron chi connectivity index (χ3n) is 5.98. The minimum absolute atomic E-state index is 0.144. The Hall–Kier alpha value is -2.69. The van der Waals surface area contributed by atoms with E-state index in [9.17, 15) is 4.79 Å². The Balaban J connectivity index is 2.45. The van der Waals surface area contributed by atoms with Gasteiger partial charge in [-0.1, -0.05) is 50.8 Å². The van der Waals surface area contributed by atoms with Gasteiger partial charge in [0.05, 0.1) is 12.1 Å². The van der Waals surface area contributed by atoms with Crippen LogP contribution in [0.25, 0.3) is 10.9 Å². The van der Waals surface area contributed by atoms with E-state index in [-0.39, 0.29) is 5.56 Å². The number of anilines is 1. The number of nitrogen functional groups attached to an aromatic ring is 1. The van der Waals surface area contributed by atoms with E-state index in [2.05, 4.69) is 53.7 Å². The number of hydrogen-bond acceptors (Lipinski definition) is 4. The molecule has 1 unspecified atom stereocenters. The zero-order valence-electron chi connectivity index (χ0n) is 22.1. The summed E-state index contributed by atoms with van der Waals surface area (Å²) in [7, 11) is 0. The van der Waals surface area contributed by atoms with E-state index in [1.54, 1.807) is 4.57 Å². The first-order valence-corrected chi connectivity index (χ1v) is 12.8. The van der Waals surface area contributed by atoms with Crippen LogP contribution in [0.2, 0.25) is 0 Å². The van der Waals surface area contributed by atoms with E-state index in [0.717, 1.165) is 49.4 Å². The van der Waals surface area contributed by atoms with Gasteiger partial charge in [0.2, 0.25) is 5.75 Å². The maximum atomic E-state index is 13.6. The molecule has 2 rings (SSSR count). The lowest BCUT2D eigenvalue weighted by atomic mass is 10.1. The van der Waals surface area contributed by atoms with E-state index in [1.807, 2.05) is 18.2 Å². The third kappa shape index (κ3) is 7.96. The quantitative estimate of drug-likeness (QED) is 0.234. The van der Waals surface area contributed by atoms with Gasteiger partial charge < -0.3 is 19.8 Å². The van der Waals surface area contributed by atoms with E-state index < -0.39 is 0 Å². The van der Waals surface area contributed by atoms with Gasteiger partial charge in [-0.25, -0.2) is 0 Å². The second-order valence-corrected chi connectivity index (χ2v) is 9.63. The summed E-state index contributed by atoms with van der Waals surface area (Å²) in [5.74, 6) is 1.19. The standard InChI is InChI=1S/C29H44N2O3/c1-7-9-17-31-26-19-24(30)14-15-25(26)27(28(29(31)32)34-20-23(6)11-8-2)33-18-16-22(5)13-10-12-21(3)4/h12,14-16,19,23H,7-11,13,17-18,20,30H2,1-6H3/b22-16+. The smallest absolute Gasteiger partial charge is 0.297 e. The van der Waals surface area contributed by atoms with E-state index >= 15 is 0 Å². The lowest BCUT2D eigenvalue weighted by Crippen LogP contribution is -2.25. The maximum absolute atomic E-state index is 13.6. The molecule has 34 heavy (non-hydrogen) atoms. The molecule has 1 aromatic carbocycles. The average molecular weight is 469 g/mol. The number of allylic oxidation sites excluding steroid dienone is 3. The maximum Gasteiger partial charge on any atom is 0.297 e. The zero-order chi connectivity index (χ0) is 25.1. The molecule has 2 aromatic rings. The topological polar surface area (TPSA) is 66.5 Å². The predicted molar refractivity (Wildman–Crippen MR) is 145 cm³/mol. The summed E-state index contributed by atoms with van der Waals surface area (Å²) in [6.45, 7) is 14.3. The molecular formula is C29H44N2O3. The summed E-state index contributed by atoms with van der Waals surface area (Å²) in [4.78, 5) is 13.6. The van der Waals surface area contributed by atoms with Crippen molar-refractivity contribution in [3.63, 3.8) is 0 Å². The fourth-order valence-electron chi connectivity index (χ4n) is 3.98. The number of nitrogens with two attached hydrogens (primary N) is 1. The number of hydrogen-bond donors (Lipinski definition) is 1. The van der Waals surface area contributed by atoms with Crippen molar-refractivity contribution in [1.82, 2.24) is 4.57 Å². The Bertz CT molecular complexity index is 1050. The van der Waals surface area contributed by atoms with Crippen molar-refractivity contribution in [2.75, 3.05) is 18.9 Å². The normalized spacial score (nSPS) is 12.6. The lowest BCUT2D eigenvalue weighted by molar-refractivity contribution is 0.233. The van der Waals surface area contributed by atoms with Gasteiger partial charge in [0.15, 0.2) is 5.75 Å². The molecule has 0 amide bonds. The Labute approximate surface area is 205 Å². The summed E-state index contributed by atoms with van der Waals surface area (Å²) in [5, 5.41) is 0.860. The van der Waals surface area contributed by atoms with Crippen molar-refractivity contribution in [3.05, 3.63) is 51.9 Å². The van der Waals surface area contributed by atoms with Crippen LogP contribution >= 0.6 is 0 Å². The molecule has 5 heteroatoms. The number of nitrogens with zero attached hydrogens (tertiary/aromatic N) is 1. The summed E-state index contributed by atoms with van der Waals surface area (Å²) in [5.41, 5.74) is 9.98. The minimum atomic E-state index is -0.144. The Kier molecular flexibility index (Phi) is 11.2. The molecule has 2 N–H and O–H groups in total. The highest BCUT2D eigenvalue weighted by Gasteiger charge is 2.20. The van der Waals surface area contributed by atoms with E-state index in [0.29, 0.717) is 42.9 Å². The zero-order valence-corrected chi connectivity index (χ0v) is 22.1. The molecule has 0 fully saturated rings. The van der Waals surface area contributed by atoms with Crippen LogP contribution in [-0.4, -0.2) is 17.8 Å². The van der Waals surface area contributed by atoms with Gasteiger partial charge in [0.1, 0.15) is 6.61 Å². The first-order chi connectivity index (χ1) is 16.3. The highest BCUT2D eigenvalue weighted by Crippen LogP contribution is 2.34. The fraction of sp³-hybridized carbons (Fsp3) is 0.552. The minimum Gasteiger partial charge on any atom is -0.485 e. The molecule has 1 aromatic heterocycles. The van der Waals surface area contributed by atoms with Crippen molar-refractivity contribution >= 4 is 16.6 Å². The van der Waals surface area contributed by atoms with Crippen LogP contribution in [0.3, 0.4) is 0 Å². The predicted octanol–water partition coefficient (Wildman–Crippen LogP) is 7.27. The molecule has 188 valence electrons. The van der Waals surface area contributed by atoms with Gasteiger partial charge in [-0.15, -0.1) is 0 Å². The molecule has 5 nitrogen and oxygen atoms in total. The molecule has 0 bridgehead atoms. The van der Waals surface area contributed by atoms with Gasteiger partial charge in [0, 0.05) is 17.6 Å². The Morgan fingerprint density at radius 2 is 1.85 bits per heavy atom. The van der Waals surface area contributed by atoms with Gasteiger partial charge in [0.25, 0.3) is 5.56 Å². The van der Waals surface area contributed by atoms with Crippen molar-refractivity contribution in [2.45, 2.75) is 86.6 Å². The van der Waals surface area contributed by atoms with Gasteiger partial charge >= 0.3 is 0 Å². The molecule has 0 aliphatic carbocycles. The molecule has 0 saturated heterocycles. The van der Waals surface area contributed by atoms with Crippen LogP contribution in [0.4, 0.5) is 5.69 Å². The number of ether oxygens (including phenoxy) is 2. The SMILES string of the molecule is CCCCn1c(=O)c(OCC(C)CCC)c(OC/C=C(\C)CCC=C(C)C)c2ccc(N)cc21. The number of aryl methyl sites for hydroxylation is 1. The summed E-state index contributed by atoms with van der Waals surface area (Å²) < 4.78 is 14.2. The molecule has 0 aliphatic rings. The lowest BCUT2D eigenvalue weighted by Gasteiger charge is -2.20. The van der Waals surface area contributed by atoms with Crippen molar-refractivity contribution < 1.29 is 9.47 Å². The first-order valence-electron chi connectivity index (χ1n) is 12.8. The number of aromatic nitrogens is 1. The van der Waals surface area contributed by atoms with Gasteiger partial charge in [-0.2, -0.15) is 0 Å². The van der Waals surface area contributed by atoms with Crippen molar-refractivity contribution in [3.8, 4) is 11.5 Å². The molecule has 0 aliphatic heterocycles. The Morgan fingerprint density at radius 3 is 2.53 bits per heavy atom. The second kappa shape index (κ2) is 13.9. The highest BCUT2D eigenvalue weighted by molar-refractivity contribution is 5.90. The van der Waals surface area contributed by atoms with Gasteiger partial charge in [-0.05, 0) is 76.6 Å². The van der Waals surface area contributed by atoms with Crippen LogP contribution in [0.1, 0.15) is 80.1 Å². The highest BCUT2D eigenvalue weighted by atomic mass is 16.5. The number of pyridine rings is 1. The third-order valence-corrected chi connectivity index (χ3v) is 5.98. The molecule has 0 saturated carbocycles. The monoisotopic (exact) mass is 468 g/mol. The molecular weight excluding hydrogens is 424 g/mol. The largest absolute Gasteiger partial charge is 0.485 e. The number of unbranched alkanes of at least 4 members (excludes halogenated alkanes) is 1. The van der Waals surface area contributed by atoms with Crippen molar-refractivity contribution in [1.29, 1.82) is 0 Å². The van der Waals surface area contributed by atoms with Gasteiger partial charge in [-0.3, -0.25) is 4.79 Å². The summed E-state index contributed by atoms with van der Waals surface area (Å²) >= 11 is 0. The molecule has 0 spiro atoms. The van der Waals surface area contributed by atoms with Crippen LogP contribution in [0.15, 0.2) is 46.3 Å².